The molecule has 0 unspecified atom stereocenters. The molecule has 52 heavy (non-hydrogen) atoms. The van der Waals surface area contributed by atoms with E-state index in [1.54, 1.807) is 0 Å². The maximum Gasteiger partial charge on any atom is 0.135 e. The lowest BCUT2D eigenvalue weighted by Crippen LogP contribution is -2.28. The third-order valence-corrected chi connectivity index (χ3v) is 11.3. The molecule has 11 rings (SSSR count). The minimum atomic E-state index is -0.543. The molecule has 0 saturated heterocycles. The second-order valence-electron chi connectivity index (χ2n) is 14.0. The fourth-order valence-corrected chi connectivity index (χ4v) is 9.13. The SMILES string of the molecule is c1ccc(-c2c3c(cc4ccccc24)C(c2ccccc2)(c2ccccc2)c2cc(-c4ccc5c(c4)-c4cccc6cccc(c46)O5)ccc2-3)cc1. The summed E-state index contributed by atoms with van der Waals surface area (Å²) in [5.74, 6) is 1.81. The van der Waals surface area contributed by atoms with E-state index in [1.807, 2.05) is 0 Å². The summed E-state index contributed by atoms with van der Waals surface area (Å²) >= 11 is 0. The van der Waals surface area contributed by atoms with Crippen LogP contribution in [0.5, 0.6) is 11.5 Å². The average molecular weight is 661 g/mol. The van der Waals surface area contributed by atoms with Crippen molar-refractivity contribution in [1.82, 2.24) is 0 Å². The quantitative estimate of drug-likeness (QED) is 0.183. The molecule has 0 saturated carbocycles. The van der Waals surface area contributed by atoms with Crippen LogP contribution in [0.3, 0.4) is 0 Å². The third kappa shape index (κ3) is 4.05. The highest BCUT2D eigenvalue weighted by molar-refractivity contribution is 6.10. The highest BCUT2D eigenvalue weighted by Crippen LogP contribution is 2.60. The van der Waals surface area contributed by atoms with Crippen LogP contribution >= 0.6 is 0 Å². The lowest BCUT2D eigenvalue weighted by atomic mass is 9.67. The molecule has 0 bridgehead atoms. The van der Waals surface area contributed by atoms with Crippen molar-refractivity contribution in [2.75, 3.05) is 0 Å². The predicted molar refractivity (Wildman–Crippen MR) is 215 cm³/mol. The third-order valence-electron chi connectivity index (χ3n) is 11.3. The van der Waals surface area contributed by atoms with Crippen molar-refractivity contribution in [1.29, 1.82) is 0 Å². The van der Waals surface area contributed by atoms with Gasteiger partial charge in [-0.2, -0.15) is 0 Å². The minimum absolute atomic E-state index is 0.543. The molecule has 9 aromatic carbocycles. The van der Waals surface area contributed by atoms with Crippen LogP contribution in [0.4, 0.5) is 0 Å². The van der Waals surface area contributed by atoms with E-state index in [4.69, 9.17) is 4.74 Å². The van der Waals surface area contributed by atoms with Crippen LogP contribution in [0.2, 0.25) is 0 Å². The van der Waals surface area contributed by atoms with Crippen LogP contribution in [-0.4, -0.2) is 0 Å². The van der Waals surface area contributed by atoms with Crippen molar-refractivity contribution in [3.05, 3.63) is 216 Å². The van der Waals surface area contributed by atoms with Gasteiger partial charge >= 0.3 is 0 Å². The van der Waals surface area contributed by atoms with E-state index in [2.05, 4.69) is 194 Å². The monoisotopic (exact) mass is 660 g/mol. The van der Waals surface area contributed by atoms with E-state index in [-0.39, 0.29) is 0 Å². The predicted octanol–water partition coefficient (Wildman–Crippen LogP) is 13.5. The van der Waals surface area contributed by atoms with Crippen molar-refractivity contribution in [3.8, 4) is 56.0 Å². The first-order valence-electron chi connectivity index (χ1n) is 18.0. The van der Waals surface area contributed by atoms with Gasteiger partial charge in [0.15, 0.2) is 0 Å². The van der Waals surface area contributed by atoms with Crippen LogP contribution in [0.1, 0.15) is 22.3 Å². The Labute approximate surface area is 303 Å². The number of hydrogen-bond acceptors (Lipinski definition) is 1. The number of benzene rings is 9. The van der Waals surface area contributed by atoms with Gasteiger partial charge in [0.2, 0.25) is 0 Å². The summed E-state index contributed by atoms with van der Waals surface area (Å²) in [5.41, 5.74) is 14.4. The fourth-order valence-electron chi connectivity index (χ4n) is 9.13. The van der Waals surface area contributed by atoms with Gasteiger partial charge < -0.3 is 4.74 Å². The standard InChI is InChI=1S/C51H32O/c1-4-14-34(15-5-1)49-40-23-11-10-16-37(40)32-45-50(49)42-28-26-36(31-44(42)51(45,38-19-6-2-7-20-38)39-21-8-3-9-22-39)35-27-29-46-43(30-35)41-24-12-17-33-18-13-25-47(52-46)48(33)41/h1-32H. The second-order valence-corrected chi connectivity index (χ2v) is 14.0. The van der Waals surface area contributed by atoms with Crippen molar-refractivity contribution in [2.45, 2.75) is 5.41 Å². The Morgan fingerprint density at radius 2 is 0.981 bits per heavy atom. The largest absolute Gasteiger partial charge is 0.456 e. The Bertz CT molecular complexity index is 2810. The van der Waals surface area contributed by atoms with E-state index in [9.17, 15) is 0 Å². The summed E-state index contributed by atoms with van der Waals surface area (Å²) in [6.45, 7) is 0. The Balaban J connectivity index is 1.23. The maximum absolute atomic E-state index is 6.50. The second kappa shape index (κ2) is 11.2. The lowest BCUT2D eigenvalue weighted by molar-refractivity contribution is 0.487. The van der Waals surface area contributed by atoms with Crippen LogP contribution in [-0.2, 0) is 5.41 Å². The van der Waals surface area contributed by atoms with Gasteiger partial charge in [-0.3, -0.25) is 0 Å². The smallest absolute Gasteiger partial charge is 0.135 e. The van der Waals surface area contributed by atoms with Gasteiger partial charge in [-0.1, -0.05) is 164 Å². The zero-order chi connectivity index (χ0) is 34.2. The Morgan fingerprint density at radius 3 is 1.75 bits per heavy atom. The zero-order valence-electron chi connectivity index (χ0n) is 28.4. The van der Waals surface area contributed by atoms with Crippen molar-refractivity contribution in [3.63, 3.8) is 0 Å². The summed E-state index contributed by atoms with van der Waals surface area (Å²) in [4.78, 5) is 0. The lowest BCUT2D eigenvalue weighted by Gasteiger charge is -2.34. The molecule has 2 aliphatic rings. The minimum Gasteiger partial charge on any atom is -0.456 e. The number of hydrogen-bond donors (Lipinski definition) is 0. The molecular weight excluding hydrogens is 629 g/mol. The number of rotatable bonds is 4. The van der Waals surface area contributed by atoms with E-state index in [1.165, 1.54) is 82.7 Å². The fraction of sp³-hybridized carbons (Fsp3) is 0.0196. The molecule has 0 amide bonds. The number of fused-ring (bicyclic) bond motifs is 6. The van der Waals surface area contributed by atoms with Gasteiger partial charge in [-0.25, -0.2) is 0 Å². The van der Waals surface area contributed by atoms with Gasteiger partial charge in [0.1, 0.15) is 11.5 Å². The van der Waals surface area contributed by atoms with Crippen LogP contribution in [0.15, 0.2) is 194 Å². The van der Waals surface area contributed by atoms with Crippen molar-refractivity contribution < 1.29 is 4.74 Å². The summed E-state index contributed by atoms with van der Waals surface area (Å²) in [5, 5.41) is 4.88. The molecule has 0 aromatic heterocycles. The molecular formula is C51H32O. The summed E-state index contributed by atoms with van der Waals surface area (Å²) < 4.78 is 6.50. The van der Waals surface area contributed by atoms with E-state index < -0.39 is 5.41 Å². The molecule has 1 nitrogen and oxygen atoms in total. The molecule has 0 spiro atoms. The summed E-state index contributed by atoms with van der Waals surface area (Å²) in [6.07, 6.45) is 0. The maximum atomic E-state index is 6.50. The Kier molecular flexibility index (Phi) is 6.23. The molecule has 1 aliphatic heterocycles. The van der Waals surface area contributed by atoms with E-state index >= 15 is 0 Å². The first kappa shape index (κ1) is 29.1. The van der Waals surface area contributed by atoms with Crippen LogP contribution in [0.25, 0.3) is 66.1 Å². The summed E-state index contributed by atoms with van der Waals surface area (Å²) in [7, 11) is 0. The molecule has 0 atom stereocenters. The van der Waals surface area contributed by atoms with Crippen molar-refractivity contribution >= 4 is 21.5 Å². The van der Waals surface area contributed by atoms with Gasteiger partial charge in [-0.05, 0) is 108 Å². The molecule has 0 N–H and O–H groups in total. The summed E-state index contributed by atoms with van der Waals surface area (Å²) in [6, 6.07) is 71.2. The van der Waals surface area contributed by atoms with E-state index in [0.29, 0.717) is 0 Å². The molecule has 1 heterocycles. The van der Waals surface area contributed by atoms with Crippen LogP contribution < -0.4 is 4.74 Å². The Morgan fingerprint density at radius 1 is 0.346 bits per heavy atom. The molecule has 0 fully saturated rings. The van der Waals surface area contributed by atoms with Gasteiger partial charge in [-0.15, -0.1) is 0 Å². The Hall–Kier alpha value is -6.70. The average Bonchev–Trinajstić information content (AvgIpc) is 3.50. The molecule has 1 aliphatic carbocycles. The number of ether oxygens (including phenoxy) is 1. The van der Waals surface area contributed by atoms with Crippen molar-refractivity contribution in [2.24, 2.45) is 0 Å². The van der Waals surface area contributed by atoms with E-state index in [0.717, 1.165) is 17.1 Å². The molecule has 0 radical (unpaired) electrons. The van der Waals surface area contributed by atoms with Gasteiger partial charge in [0.05, 0.1) is 5.41 Å². The normalized spacial score (nSPS) is 13.3. The molecule has 242 valence electrons. The highest BCUT2D eigenvalue weighted by Gasteiger charge is 2.47. The first-order valence-corrected chi connectivity index (χ1v) is 18.0. The zero-order valence-corrected chi connectivity index (χ0v) is 28.4. The highest BCUT2D eigenvalue weighted by atomic mass is 16.5. The van der Waals surface area contributed by atoms with Gasteiger partial charge in [0.25, 0.3) is 0 Å². The van der Waals surface area contributed by atoms with Crippen LogP contribution in [0, 0.1) is 0 Å². The molecule has 9 aromatic rings. The molecule has 1 heteroatoms. The van der Waals surface area contributed by atoms with Gasteiger partial charge in [0, 0.05) is 10.9 Å². The first-order chi connectivity index (χ1) is 25.8. The topological polar surface area (TPSA) is 9.23 Å².